The van der Waals surface area contributed by atoms with E-state index in [1.165, 1.54) is 12.8 Å². The maximum atomic E-state index is 13.7. The first kappa shape index (κ1) is 15.0. The number of hydrogen-bond donors (Lipinski definition) is 2. The normalized spacial score (nSPS) is 28.7. The first-order chi connectivity index (χ1) is 10.2. The van der Waals surface area contributed by atoms with Crippen LogP contribution in [0.3, 0.4) is 0 Å². The predicted molar refractivity (Wildman–Crippen MR) is 82.8 cm³/mol. The highest BCUT2D eigenvalue weighted by molar-refractivity contribution is 5.24. The van der Waals surface area contributed by atoms with Gasteiger partial charge in [0, 0.05) is 12.6 Å². The lowest BCUT2D eigenvalue weighted by Crippen LogP contribution is -2.48. The van der Waals surface area contributed by atoms with Crippen LogP contribution in [0, 0.1) is 5.82 Å². The Balaban J connectivity index is 1.46. The van der Waals surface area contributed by atoms with Crippen LogP contribution in [0.1, 0.15) is 62.8 Å². The quantitative estimate of drug-likeness (QED) is 0.828. The molecule has 1 aromatic carbocycles. The van der Waals surface area contributed by atoms with Crippen molar-refractivity contribution in [2.45, 2.75) is 68.9 Å². The molecule has 2 N–H and O–H groups in total. The second-order valence-corrected chi connectivity index (χ2v) is 6.91. The molecule has 0 radical (unpaired) electrons. The van der Waals surface area contributed by atoms with Crippen LogP contribution in [0.25, 0.3) is 0 Å². The second kappa shape index (κ2) is 6.45. The van der Waals surface area contributed by atoms with E-state index in [-0.39, 0.29) is 5.82 Å². The molecule has 116 valence electrons. The lowest BCUT2D eigenvalue weighted by molar-refractivity contribution is 0.0191. The van der Waals surface area contributed by atoms with Crippen molar-refractivity contribution in [2.75, 3.05) is 6.54 Å². The molecule has 0 unspecified atom stereocenters. The van der Waals surface area contributed by atoms with E-state index in [4.69, 9.17) is 0 Å². The molecule has 0 aliphatic heterocycles. The van der Waals surface area contributed by atoms with Crippen molar-refractivity contribution in [3.05, 3.63) is 35.6 Å². The third kappa shape index (κ3) is 3.64. The zero-order chi connectivity index (χ0) is 14.7. The van der Waals surface area contributed by atoms with Gasteiger partial charge in [0.2, 0.25) is 0 Å². The summed E-state index contributed by atoms with van der Waals surface area (Å²) in [5.41, 5.74) is 0.336. The van der Waals surface area contributed by atoms with Crippen LogP contribution in [0.2, 0.25) is 0 Å². The number of nitrogens with one attached hydrogen (secondary N) is 1. The van der Waals surface area contributed by atoms with Crippen LogP contribution in [0.15, 0.2) is 24.3 Å². The van der Waals surface area contributed by atoms with Gasteiger partial charge >= 0.3 is 0 Å². The van der Waals surface area contributed by atoms with Crippen LogP contribution in [0.4, 0.5) is 4.39 Å². The average Bonchev–Trinajstić information content (AvgIpc) is 2.64. The number of hydrogen-bond acceptors (Lipinski definition) is 2. The molecule has 0 heterocycles. The summed E-state index contributed by atoms with van der Waals surface area (Å²) in [6.45, 7) is 0.696. The average molecular weight is 291 g/mol. The first-order valence-electron chi connectivity index (χ1n) is 8.36. The minimum atomic E-state index is -0.514. The maximum Gasteiger partial charge on any atom is 0.126 e. The minimum absolute atomic E-state index is 0.0802. The number of benzene rings is 1. The van der Waals surface area contributed by atoms with Gasteiger partial charge in [0.25, 0.3) is 0 Å². The molecule has 0 atom stereocenters. The van der Waals surface area contributed by atoms with E-state index in [1.807, 2.05) is 12.1 Å². The van der Waals surface area contributed by atoms with Crippen molar-refractivity contribution in [3.63, 3.8) is 0 Å². The molecule has 0 amide bonds. The van der Waals surface area contributed by atoms with Crippen LogP contribution in [-0.2, 0) is 0 Å². The number of aliphatic hydroxyl groups is 1. The molecule has 0 bridgehead atoms. The molecule has 1 aromatic rings. The van der Waals surface area contributed by atoms with E-state index in [0.29, 0.717) is 18.5 Å². The zero-order valence-corrected chi connectivity index (χ0v) is 12.7. The first-order valence-corrected chi connectivity index (χ1v) is 8.36. The fourth-order valence-electron chi connectivity index (χ4n) is 3.74. The summed E-state index contributed by atoms with van der Waals surface area (Å²) in [4.78, 5) is 0. The van der Waals surface area contributed by atoms with Gasteiger partial charge in [-0.1, -0.05) is 43.9 Å². The highest BCUT2D eigenvalue weighted by Gasteiger charge is 2.34. The molecule has 3 rings (SSSR count). The fourth-order valence-corrected chi connectivity index (χ4v) is 3.74. The molecule has 2 nitrogen and oxygen atoms in total. The van der Waals surface area contributed by atoms with E-state index in [2.05, 4.69) is 5.32 Å². The van der Waals surface area contributed by atoms with Crippen molar-refractivity contribution < 1.29 is 9.50 Å². The van der Waals surface area contributed by atoms with Crippen LogP contribution in [0.5, 0.6) is 0 Å². The minimum Gasteiger partial charge on any atom is -0.389 e. The maximum absolute atomic E-state index is 13.7. The third-order valence-electron chi connectivity index (χ3n) is 5.24. The Hall–Kier alpha value is -0.930. The number of rotatable bonds is 4. The van der Waals surface area contributed by atoms with Crippen LogP contribution in [-0.4, -0.2) is 23.3 Å². The van der Waals surface area contributed by atoms with Crippen molar-refractivity contribution in [1.29, 1.82) is 0 Å². The summed E-state index contributed by atoms with van der Waals surface area (Å²) < 4.78 is 13.7. The predicted octanol–water partition coefficient (Wildman–Crippen LogP) is 3.75. The molecule has 21 heavy (non-hydrogen) atoms. The van der Waals surface area contributed by atoms with Gasteiger partial charge in [-0.15, -0.1) is 0 Å². The molecule has 2 aliphatic carbocycles. The Labute approximate surface area is 126 Å². The van der Waals surface area contributed by atoms with Gasteiger partial charge < -0.3 is 10.4 Å². The van der Waals surface area contributed by atoms with Crippen molar-refractivity contribution in [1.82, 2.24) is 5.32 Å². The summed E-state index contributed by atoms with van der Waals surface area (Å²) >= 11 is 0. The van der Waals surface area contributed by atoms with Gasteiger partial charge in [-0.2, -0.15) is 0 Å². The monoisotopic (exact) mass is 291 g/mol. The summed E-state index contributed by atoms with van der Waals surface area (Å²) in [6.07, 6.45) is 8.59. The molecule has 3 heteroatoms. The largest absolute Gasteiger partial charge is 0.389 e. The summed E-state index contributed by atoms with van der Waals surface area (Å²) in [6, 6.07) is 7.53. The SMILES string of the molecule is OC1(CNC2CC(c3ccccc3F)C2)CCCCCC1. The Morgan fingerprint density at radius 1 is 1.10 bits per heavy atom. The molecule has 2 aliphatic rings. The fraction of sp³-hybridized carbons (Fsp3) is 0.667. The molecule has 2 saturated carbocycles. The van der Waals surface area contributed by atoms with Crippen molar-refractivity contribution in [2.24, 2.45) is 0 Å². The van der Waals surface area contributed by atoms with Gasteiger partial charge in [-0.3, -0.25) is 0 Å². The van der Waals surface area contributed by atoms with Gasteiger partial charge in [0.05, 0.1) is 5.60 Å². The van der Waals surface area contributed by atoms with E-state index < -0.39 is 5.60 Å². The Bertz CT molecular complexity index is 462. The number of halogens is 1. The van der Waals surface area contributed by atoms with Crippen LogP contribution < -0.4 is 5.32 Å². The summed E-state index contributed by atoms with van der Waals surface area (Å²) in [5.74, 6) is 0.260. The Morgan fingerprint density at radius 3 is 2.43 bits per heavy atom. The molecule has 0 aromatic heterocycles. The lowest BCUT2D eigenvalue weighted by atomic mass is 9.75. The topological polar surface area (TPSA) is 32.3 Å². The highest BCUT2D eigenvalue weighted by atomic mass is 19.1. The van der Waals surface area contributed by atoms with Gasteiger partial charge in [-0.05, 0) is 43.2 Å². The molecular weight excluding hydrogens is 265 g/mol. The third-order valence-corrected chi connectivity index (χ3v) is 5.24. The van der Waals surface area contributed by atoms with Gasteiger partial charge in [0.15, 0.2) is 0 Å². The van der Waals surface area contributed by atoms with Gasteiger partial charge in [-0.25, -0.2) is 4.39 Å². The van der Waals surface area contributed by atoms with E-state index in [0.717, 1.165) is 44.1 Å². The Morgan fingerprint density at radius 2 is 1.76 bits per heavy atom. The summed E-state index contributed by atoms with van der Waals surface area (Å²) in [7, 11) is 0. The van der Waals surface area contributed by atoms with E-state index in [1.54, 1.807) is 12.1 Å². The smallest absolute Gasteiger partial charge is 0.126 e. The van der Waals surface area contributed by atoms with Gasteiger partial charge in [0.1, 0.15) is 5.82 Å². The molecule has 0 spiro atoms. The Kier molecular flexibility index (Phi) is 4.60. The molecule has 0 saturated heterocycles. The second-order valence-electron chi connectivity index (χ2n) is 6.91. The zero-order valence-electron chi connectivity index (χ0n) is 12.7. The van der Waals surface area contributed by atoms with Crippen molar-refractivity contribution in [3.8, 4) is 0 Å². The molecule has 2 fully saturated rings. The highest BCUT2D eigenvalue weighted by Crippen LogP contribution is 2.38. The molecular formula is C18H26FNO. The van der Waals surface area contributed by atoms with E-state index >= 15 is 0 Å². The van der Waals surface area contributed by atoms with E-state index in [9.17, 15) is 9.50 Å². The standard InChI is InChI=1S/C18H26FNO/c19-17-8-4-3-7-16(17)14-11-15(12-14)20-13-18(21)9-5-1-2-6-10-18/h3-4,7-8,14-15,20-21H,1-2,5-6,9-13H2. The van der Waals surface area contributed by atoms with Crippen molar-refractivity contribution >= 4 is 0 Å². The van der Waals surface area contributed by atoms with Crippen LogP contribution >= 0.6 is 0 Å². The summed E-state index contributed by atoms with van der Waals surface area (Å²) in [5, 5.41) is 14.1. The lowest BCUT2D eigenvalue weighted by Gasteiger charge is -2.39.